The standard InChI is InChI=1S/C16H11Cl3N2/c17-12-7-13(18)16(14(19)8-12)21-9-11-4-1-3-10-5-2-6-20-15(10)11/h1-8,21H,9H2. The second-order valence-electron chi connectivity index (χ2n) is 4.59. The lowest BCUT2D eigenvalue weighted by Gasteiger charge is -2.12. The van der Waals surface area contributed by atoms with Gasteiger partial charge in [-0.25, -0.2) is 0 Å². The van der Waals surface area contributed by atoms with Gasteiger partial charge in [0.2, 0.25) is 0 Å². The summed E-state index contributed by atoms with van der Waals surface area (Å²) in [5, 5.41) is 5.87. The summed E-state index contributed by atoms with van der Waals surface area (Å²) < 4.78 is 0. The van der Waals surface area contributed by atoms with E-state index in [1.165, 1.54) is 0 Å². The van der Waals surface area contributed by atoms with Crippen LogP contribution in [0.1, 0.15) is 5.56 Å². The van der Waals surface area contributed by atoms with Gasteiger partial charge in [-0.2, -0.15) is 0 Å². The molecule has 0 unspecified atom stereocenters. The number of hydrogen-bond acceptors (Lipinski definition) is 2. The van der Waals surface area contributed by atoms with Crippen molar-refractivity contribution in [3.05, 3.63) is 69.3 Å². The molecule has 0 aliphatic heterocycles. The third kappa shape index (κ3) is 3.08. The van der Waals surface area contributed by atoms with Crippen molar-refractivity contribution in [2.24, 2.45) is 0 Å². The van der Waals surface area contributed by atoms with E-state index in [-0.39, 0.29) is 0 Å². The van der Waals surface area contributed by atoms with E-state index in [1.807, 2.05) is 30.3 Å². The first-order valence-corrected chi connectivity index (χ1v) is 7.49. The molecule has 0 saturated carbocycles. The van der Waals surface area contributed by atoms with Crippen molar-refractivity contribution in [3.63, 3.8) is 0 Å². The summed E-state index contributed by atoms with van der Waals surface area (Å²) in [6, 6.07) is 13.4. The molecule has 1 aromatic heterocycles. The Morgan fingerprint density at radius 3 is 2.43 bits per heavy atom. The molecule has 0 aliphatic carbocycles. The minimum atomic E-state index is 0.501. The van der Waals surface area contributed by atoms with Crippen LogP contribution in [0, 0.1) is 0 Å². The summed E-state index contributed by atoms with van der Waals surface area (Å²) in [5.41, 5.74) is 2.72. The zero-order valence-corrected chi connectivity index (χ0v) is 13.2. The molecule has 0 saturated heterocycles. The maximum atomic E-state index is 6.17. The third-order valence-corrected chi connectivity index (χ3v) is 3.99. The Morgan fingerprint density at radius 2 is 1.67 bits per heavy atom. The van der Waals surface area contributed by atoms with Crippen molar-refractivity contribution >= 4 is 51.4 Å². The Morgan fingerprint density at radius 1 is 0.952 bits per heavy atom. The van der Waals surface area contributed by atoms with Crippen molar-refractivity contribution in [2.45, 2.75) is 6.54 Å². The number of pyridine rings is 1. The quantitative estimate of drug-likeness (QED) is 0.652. The molecule has 0 fully saturated rings. The lowest BCUT2D eigenvalue weighted by molar-refractivity contribution is 1.15. The number of benzene rings is 2. The highest BCUT2D eigenvalue weighted by molar-refractivity contribution is 6.41. The number of fused-ring (bicyclic) bond motifs is 1. The van der Waals surface area contributed by atoms with Crippen LogP contribution in [0.2, 0.25) is 15.1 Å². The van der Waals surface area contributed by atoms with E-state index in [0.29, 0.717) is 27.3 Å². The first-order valence-electron chi connectivity index (χ1n) is 6.36. The van der Waals surface area contributed by atoms with Crippen LogP contribution in [0.3, 0.4) is 0 Å². The van der Waals surface area contributed by atoms with Gasteiger partial charge in [0.1, 0.15) is 0 Å². The summed E-state index contributed by atoms with van der Waals surface area (Å²) in [4.78, 5) is 4.43. The highest BCUT2D eigenvalue weighted by Crippen LogP contribution is 2.34. The van der Waals surface area contributed by atoms with Gasteiger partial charge in [0, 0.05) is 23.2 Å². The van der Waals surface area contributed by atoms with Crippen molar-refractivity contribution in [2.75, 3.05) is 5.32 Å². The van der Waals surface area contributed by atoms with E-state index in [9.17, 15) is 0 Å². The topological polar surface area (TPSA) is 24.9 Å². The van der Waals surface area contributed by atoms with E-state index in [1.54, 1.807) is 18.3 Å². The van der Waals surface area contributed by atoms with Crippen LogP contribution in [0.4, 0.5) is 5.69 Å². The molecule has 0 bridgehead atoms. The monoisotopic (exact) mass is 336 g/mol. The smallest absolute Gasteiger partial charge is 0.0751 e. The highest BCUT2D eigenvalue weighted by atomic mass is 35.5. The molecule has 1 heterocycles. The van der Waals surface area contributed by atoms with Crippen LogP contribution in [-0.4, -0.2) is 4.98 Å². The Hall–Kier alpha value is -1.48. The highest BCUT2D eigenvalue weighted by Gasteiger charge is 2.08. The number of nitrogens with one attached hydrogen (secondary N) is 1. The molecule has 0 spiro atoms. The second-order valence-corrected chi connectivity index (χ2v) is 5.84. The first kappa shape index (κ1) is 14.5. The minimum Gasteiger partial charge on any atom is -0.378 e. The zero-order chi connectivity index (χ0) is 14.8. The fourth-order valence-corrected chi connectivity index (χ4v) is 3.16. The van der Waals surface area contributed by atoms with Gasteiger partial charge in [-0.15, -0.1) is 0 Å². The van der Waals surface area contributed by atoms with Gasteiger partial charge in [0.15, 0.2) is 0 Å². The molecule has 3 aromatic rings. The van der Waals surface area contributed by atoms with E-state index >= 15 is 0 Å². The van der Waals surface area contributed by atoms with Gasteiger partial charge in [-0.1, -0.05) is 59.1 Å². The van der Waals surface area contributed by atoms with E-state index in [2.05, 4.69) is 10.3 Å². The lowest BCUT2D eigenvalue weighted by atomic mass is 10.1. The first-order chi connectivity index (χ1) is 10.1. The maximum absolute atomic E-state index is 6.17. The Bertz CT molecular complexity index is 774. The summed E-state index contributed by atoms with van der Waals surface area (Å²) in [5.74, 6) is 0. The van der Waals surface area contributed by atoms with E-state index in [4.69, 9.17) is 34.8 Å². The number of nitrogens with zero attached hydrogens (tertiary/aromatic N) is 1. The van der Waals surface area contributed by atoms with Crippen LogP contribution >= 0.6 is 34.8 Å². The van der Waals surface area contributed by atoms with Gasteiger partial charge in [-0.05, 0) is 23.8 Å². The number of aromatic nitrogens is 1. The Kier molecular flexibility index (Phi) is 4.20. The molecule has 0 amide bonds. The minimum absolute atomic E-state index is 0.501. The van der Waals surface area contributed by atoms with Crippen molar-refractivity contribution in [1.29, 1.82) is 0 Å². The fraction of sp³-hybridized carbons (Fsp3) is 0.0625. The third-order valence-electron chi connectivity index (χ3n) is 3.18. The van der Waals surface area contributed by atoms with Crippen LogP contribution in [-0.2, 0) is 6.54 Å². The van der Waals surface area contributed by atoms with E-state index < -0.39 is 0 Å². The predicted molar refractivity (Wildman–Crippen MR) is 90.5 cm³/mol. The molecule has 21 heavy (non-hydrogen) atoms. The van der Waals surface area contributed by atoms with E-state index in [0.717, 1.165) is 16.5 Å². The molecule has 3 rings (SSSR count). The average molecular weight is 338 g/mol. The molecular weight excluding hydrogens is 327 g/mol. The maximum Gasteiger partial charge on any atom is 0.0751 e. The number of rotatable bonds is 3. The summed E-state index contributed by atoms with van der Waals surface area (Å²) in [6.07, 6.45) is 1.79. The summed E-state index contributed by atoms with van der Waals surface area (Å²) in [7, 11) is 0. The van der Waals surface area contributed by atoms with Gasteiger partial charge >= 0.3 is 0 Å². The van der Waals surface area contributed by atoms with Gasteiger partial charge in [0.05, 0.1) is 21.2 Å². The molecule has 0 atom stereocenters. The van der Waals surface area contributed by atoms with Crippen molar-refractivity contribution < 1.29 is 0 Å². The molecule has 0 aliphatic rings. The van der Waals surface area contributed by atoms with Crippen molar-refractivity contribution in [1.82, 2.24) is 4.98 Å². The van der Waals surface area contributed by atoms with Crippen LogP contribution in [0.25, 0.3) is 10.9 Å². The van der Waals surface area contributed by atoms with Gasteiger partial charge in [-0.3, -0.25) is 4.98 Å². The molecule has 0 radical (unpaired) electrons. The molecule has 2 aromatic carbocycles. The number of para-hydroxylation sites is 1. The molecular formula is C16H11Cl3N2. The predicted octanol–water partition coefficient (Wildman–Crippen LogP) is 5.81. The molecule has 2 nitrogen and oxygen atoms in total. The lowest BCUT2D eigenvalue weighted by Crippen LogP contribution is -2.02. The summed E-state index contributed by atoms with van der Waals surface area (Å²) in [6.45, 7) is 0.579. The van der Waals surface area contributed by atoms with Crippen LogP contribution < -0.4 is 5.32 Å². The van der Waals surface area contributed by atoms with Crippen LogP contribution in [0.5, 0.6) is 0 Å². The Balaban J connectivity index is 1.91. The molecule has 106 valence electrons. The number of hydrogen-bond donors (Lipinski definition) is 1. The fourth-order valence-electron chi connectivity index (χ4n) is 2.20. The molecule has 1 N–H and O–H groups in total. The summed E-state index contributed by atoms with van der Waals surface area (Å²) >= 11 is 18.3. The normalized spacial score (nSPS) is 10.8. The van der Waals surface area contributed by atoms with Gasteiger partial charge in [0.25, 0.3) is 0 Å². The zero-order valence-electron chi connectivity index (χ0n) is 10.9. The average Bonchev–Trinajstić information content (AvgIpc) is 2.46. The van der Waals surface area contributed by atoms with Crippen LogP contribution in [0.15, 0.2) is 48.7 Å². The number of halogens is 3. The van der Waals surface area contributed by atoms with Gasteiger partial charge < -0.3 is 5.32 Å². The second kappa shape index (κ2) is 6.10. The number of anilines is 1. The molecule has 5 heteroatoms. The SMILES string of the molecule is Clc1cc(Cl)c(NCc2cccc3cccnc23)c(Cl)c1. The largest absolute Gasteiger partial charge is 0.378 e. The Labute approximate surface area is 137 Å². The van der Waals surface area contributed by atoms with Crippen molar-refractivity contribution in [3.8, 4) is 0 Å².